The van der Waals surface area contributed by atoms with Crippen LogP contribution >= 0.6 is 23.2 Å². The molecule has 12 heavy (non-hydrogen) atoms. The highest BCUT2D eigenvalue weighted by Crippen LogP contribution is 2.00. The third-order valence-corrected chi connectivity index (χ3v) is 0.716. The van der Waals surface area contributed by atoms with E-state index in [2.05, 4.69) is 20.1 Å². The summed E-state index contributed by atoms with van der Waals surface area (Å²) in [6.07, 6.45) is 1.05. The number of ketones is 1. The second kappa shape index (κ2) is 6.23. The highest BCUT2D eigenvalue weighted by molar-refractivity contribution is 6.55. The van der Waals surface area contributed by atoms with E-state index in [1.165, 1.54) is 6.92 Å². The molecular weight excluding hydrogens is 199 g/mol. The maximum atomic E-state index is 10.4. The average Bonchev–Trinajstić information content (AvgIpc) is 1.82. The fourth-order valence-corrected chi connectivity index (χ4v) is 0.220. The van der Waals surface area contributed by atoms with E-state index in [1.807, 2.05) is 0 Å². The standard InChI is InChI=1S/C6H9O2.C2H2Cl2/c1-4-5(7)6(2,3)8;1-2(3)4/h4,8H,1-2H2,3H3;1H2. The van der Waals surface area contributed by atoms with Crippen molar-refractivity contribution < 1.29 is 9.90 Å². The molecule has 0 aromatic rings. The van der Waals surface area contributed by atoms with Gasteiger partial charge in [-0.25, -0.2) is 0 Å². The van der Waals surface area contributed by atoms with Gasteiger partial charge in [0.15, 0.2) is 5.78 Å². The predicted molar refractivity (Wildman–Crippen MR) is 52.0 cm³/mol. The van der Waals surface area contributed by atoms with Crippen molar-refractivity contribution in [1.29, 1.82) is 0 Å². The number of hydrogen-bond donors (Lipinski definition) is 1. The van der Waals surface area contributed by atoms with Gasteiger partial charge in [-0.3, -0.25) is 4.79 Å². The Bertz CT molecular complexity index is 176. The van der Waals surface area contributed by atoms with Gasteiger partial charge in [0.25, 0.3) is 0 Å². The van der Waals surface area contributed by atoms with Gasteiger partial charge < -0.3 is 5.11 Å². The zero-order chi connectivity index (χ0) is 10.4. The van der Waals surface area contributed by atoms with Crippen molar-refractivity contribution >= 4 is 29.0 Å². The molecule has 0 aromatic heterocycles. The molecule has 2 nitrogen and oxygen atoms in total. The van der Waals surface area contributed by atoms with Crippen molar-refractivity contribution in [2.75, 3.05) is 0 Å². The number of rotatable bonds is 2. The van der Waals surface area contributed by atoms with Crippen LogP contribution in [0.15, 0.2) is 23.7 Å². The van der Waals surface area contributed by atoms with Crippen molar-refractivity contribution in [2.45, 2.75) is 12.5 Å². The Morgan fingerprint density at radius 2 is 1.83 bits per heavy atom. The Morgan fingerprint density at radius 3 is 1.83 bits per heavy atom. The maximum absolute atomic E-state index is 10.4. The largest absolute Gasteiger partial charge is 0.382 e. The lowest BCUT2D eigenvalue weighted by Crippen LogP contribution is -2.29. The molecule has 0 saturated heterocycles. The molecule has 0 heterocycles. The monoisotopic (exact) mass is 209 g/mol. The molecular formula is C8H11Cl2O2. The van der Waals surface area contributed by atoms with Gasteiger partial charge in [-0.05, 0) is 19.9 Å². The smallest absolute Gasteiger partial charge is 0.186 e. The summed E-state index contributed by atoms with van der Waals surface area (Å²) >= 11 is 9.69. The number of hydrogen-bond acceptors (Lipinski definition) is 2. The predicted octanol–water partition coefficient (Wildman–Crippen LogP) is 2.26. The minimum atomic E-state index is -1.50. The number of carbonyl (C=O) groups is 1. The van der Waals surface area contributed by atoms with Gasteiger partial charge in [0, 0.05) is 0 Å². The first kappa shape index (κ1) is 14.2. The van der Waals surface area contributed by atoms with Crippen LogP contribution in [0.2, 0.25) is 0 Å². The molecule has 4 heteroatoms. The Labute approximate surface area is 82.5 Å². The van der Waals surface area contributed by atoms with Crippen LogP contribution in [-0.2, 0) is 4.79 Å². The minimum Gasteiger partial charge on any atom is -0.382 e. The van der Waals surface area contributed by atoms with Crippen LogP contribution in [0.4, 0.5) is 0 Å². The quantitative estimate of drug-likeness (QED) is 0.709. The van der Waals surface area contributed by atoms with Crippen molar-refractivity contribution in [3.05, 3.63) is 30.6 Å². The fourth-order valence-electron chi connectivity index (χ4n) is 0.220. The SMILES string of the molecule is C=C(Cl)Cl.[CH2]C(C)(O)C(=O)C=C. The number of aliphatic hydroxyl groups is 1. The zero-order valence-corrected chi connectivity index (χ0v) is 8.32. The fraction of sp³-hybridized carbons (Fsp3) is 0.250. The molecule has 0 bridgehead atoms. The average molecular weight is 210 g/mol. The summed E-state index contributed by atoms with van der Waals surface area (Å²) in [6, 6.07) is 0. The van der Waals surface area contributed by atoms with Crippen LogP contribution in [0.25, 0.3) is 0 Å². The molecule has 0 spiro atoms. The van der Waals surface area contributed by atoms with Gasteiger partial charge in [-0.2, -0.15) is 0 Å². The molecule has 0 rings (SSSR count). The van der Waals surface area contributed by atoms with Crippen molar-refractivity contribution in [3.63, 3.8) is 0 Å². The van der Waals surface area contributed by atoms with Crippen molar-refractivity contribution in [2.24, 2.45) is 0 Å². The van der Waals surface area contributed by atoms with Crippen LogP contribution in [0, 0.1) is 6.92 Å². The molecule has 0 aromatic carbocycles. The molecule has 0 aliphatic carbocycles. The van der Waals surface area contributed by atoms with E-state index in [0.717, 1.165) is 6.08 Å². The normalized spacial score (nSPS) is 9.42. The Morgan fingerprint density at radius 1 is 1.58 bits per heavy atom. The van der Waals surface area contributed by atoms with Gasteiger partial charge in [0.2, 0.25) is 0 Å². The lowest BCUT2D eigenvalue weighted by atomic mass is 10.1. The molecule has 1 atom stereocenters. The first-order valence-electron chi connectivity index (χ1n) is 2.96. The molecule has 0 saturated carbocycles. The third kappa shape index (κ3) is 12.4. The Hall–Kier alpha value is -0.310. The van der Waals surface area contributed by atoms with Crippen LogP contribution in [0.3, 0.4) is 0 Å². The second-order valence-electron chi connectivity index (χ2n) is 2.18. The van der Waals surface area contributed by atoms with E-state index < -0.39 is 11.4 Å². The molecule has 1 N–H and O–H groups in total. The van der Waals surface area contributed by atoms with E-state index in [9.17, 15) is 4.79 Å². The Kier molecular flexibility index (Phi) is 7.39. The molecule has 69 valence electrons. The summed E-state index contributed by atoms with van der Waals surface area (Å²) in [5.74, 6) is -0.461. The summed E-state index contributed by atoms with van der Waals surface area (Å²) < 4.78 is 0.111. The summed E-state index contributed by atoms with van der Waals surface area (Å²) in [5, 5.41) is 8.75. The molecule has 0 aliphatic rings. The minimum absolute atomic E-state index is 0.111. The van der Waals surface area contributed by atoms with Gasteiger partial charge in [0.05, 0.1) is 4.49 Å². The van der Waals surface area contributed by atoms with E-state index in [-0.39, 0.29) is 4.49 Å². The van der Waals surface area contributed by atoms with Gasteiger partial charge >= 0.3 is 0 Å². The van der Waals surface area contributed by atoms with E-state index in [0.29, 0.717) is 0 Å². The third-order valence-electron chi connectivity index (χ3n) is 0.716. The molecule has 0 amide bonds. The highest BCUT2D eigenvalue weighted by atomic mass is 35.5. The summed E-state index contributed by atoms with van der Waals surface area (Å²) in [6.45, 7) is 10.8. The first-order chi connectivity index (χ1) is 5.21. The van der Waals surface area contributed by atoms with Gasteiger partial charge in [-0.15, -0.1) is 0 Å². The molecule has 1 unspecified atom stereocenters. The summed E-state index contributed by atoms with van der Waals surface area (Å²) in [5.41, 5.74) is -1.50. The Balaban J connectivity index is 0. The topological polar surface area (TPSA) is 37.3 Å². The highest BCUT2D eigenvalue weighted by Gasteiger charge is 2.19. The van der Waals surface area contributed by atoms with Crippen molar-refractivity contribution in [3.8, 4) is 0 Å². The lowest BCUT2D eigenvalue weighted by molar-refractivity contribution is -0.126. The van der Waals surface area contributed by atoms with E-state index in [4.69, 9.17) is 28.3 Å². The molecule has 1 radical (unpaired) electrons. The van der Waals surface area contributed by atoms with Crippen molar-refractivity contribution in [1.82, 2.24) is 0 Å². The molecule has 0 fully saturated rings. The van der Waals surface area contributed by atoms with Gasteiger partial charge in [0.1, 0.15) is 5.60 Å². The van der Waals surface area contributed by atoms with Crippen LogP contribution in [0.1, 0.15) is 6.92 Å². The van der Waals surface area contributed by atoms with E-state index >= 15 is 0 Å². The van der Waals surface area contributed by atoms with E-state index in [1.54, 1.807) is 0 Å². The first-order valence-corrected chi connectivity index (χ1v) is 3.72. The summed E-state index contributed by atoms with van der Waals surface area (Å²) in [7, 11) is 0. The van der Waals surface area contributed by atoms with Crippen LogP contribution < -0.4 is 0 Å². The number of halogens is 2. The maximum Gasteiger partial charge on any atom is 0.186 e. The van der Waals surface area contributed by atoms with Gasteiger partial charge in [-0.1, -0.05) is 36.4 Å². The summed E-state index contributed by atoms with van der Waals surface area (Å²) in [4.78, 5) is 10.4. The number of carbonyl (C=O) groups excluding carboxylic acids is 1. The van der Waals surface area contributed by atoms with Crippen LogP contribution in [0.5, 0.6) is 0 Å². The lowest BCUT2D eigenvalue weighted by Gasteiger charge is -2.10. The zero-order valence-electron chi connectivity index (χ0n) is 6.81. The molecule has 0 aliphatic heterocycles. The second-order valence-corrected chi connectivity index (χ2v) is 3.29. The van der Waals surface area contributed by atoms with Crippen LogP contribution in [-0.4, -0.2) is 16.5 Å².